The molecule has 28 heavy (non-hydrogen) atoms. The molecule has 0 unspecified atom stereocenters. The third-order valence-electron chi connectivity index (χ3n) is 5.03. The Morgan fingerprint density at radius 1 is 1.11 bits per heavy atom. The topological polar surface area (TPSA) is 55.9 Å². The van der Waals surface area contributed by atoms with E-state index in [-0.39, 0.29) is 0 Å². The maximum atomic E-state index is 6.23. The van der Waals surface area contributed by atoms with E-state index in [1.807, 2.05) is 29.1 Å². The van der Waals surface area contributed by atoms with Gasteiger partial charge in [-0.1, -0.05) is 55.5 Å². The van der Waals surface area contributed by atoms with Crippen LogP contribution >= 0.6 is 15.9 Å². The van der Waals surface area contributed by atoms with Crippen molar-refractivity contribution in [3.05, 3.63) is 93.7 Å². The quantitative estimate of drug-likeness (QED) is 0.554. The number of para-hydroxylation sites is 1. The number of allylic oxidation sites excluding steroid dienone is 3. The van der Waals surface area contributed by atoms with E-state index in [0.29, 0.717) is 0 Å². The lowest BCUT2D eigenvalue weighted by Crippen LogP contribution is -2.19. The minimum atomic E-state index is 0.726. The van der Waals surface area contributed by atoms with Gasteiger partial charge in [0, 0.05) is 24.2 Å². The van der Waals surface area contributed by atoms with Gasteiger partial charge in [0.2, 0.25) is 0 Å². The third-order valence-corrected chi connectivity index (χ3v) is 5.69. The standard InChI is InChI=1S/C23H23BrN4/c1-2-16-7-9-17(10-8-16)14-26-23-13-18(19-5-3-4-6-21(19)25)11-12-22-20(24)15-27-28(22)23/h3-11,13,15,26H,2,12,14,25H2,1H3. The van der Waals surface area contributed by atoms with Crippen LogP contribution in [0.1, 0.15) is 29.3 Å². The second kappa shape index (κ2) is 8.07. The van der Waals surface area contributed by atoms with E-state index >= 15 is 0 Å². The zero-order valence-electron chi connectivity index (χ0n) is 15.8. The Labute approximate surface area is 173 Å². The molecule has 5 heteroatoms. The molecular weight excluding hydrogens is 412 g/mol. The second-order valence-corrected chi connectivity index (χ2v) is 7.71. The summed E-state index contributed by atoms with van der Waals surface area (Å²) in [6.07, 6.45) is 8.00. The molecule has 2 aromatic carbocycles. The van der Waals surface area contributed by atoms with Gasteiger partial charge in [0.05, 0.1) is 16.4 Å². The Bertz CT molecular complexity index is 1040. The molecule has 1 aliphatic heterocycles. The molecule has 4 rings (SSSR count). The van der Waals surface area contributed by atoms with Crippen molar-refractivity contribution in [3.8, 4) is 0 Å². The number of nitrogens with zero attached hydrogens (tertiary/aromatic N) is 2. The van der Waals surface area contributed by atoms with Gasteiger partial charge in [-0.3, -0.25) is 0 Å². The molecule has 0 atom stereocenters. The number of aryl methyl sites for hydroxylation is 1. The molecule has 0 spiro atoms. The molecule has 0 aliphatic carbocycles. The van der Waals surface area contributed by atoms with Gasteiger partial charge >= 0.3 is 0 Å². The van der Waals surface area contributed by atoms with Crippen LogP contribution in [0.4, 0.5) is 5.69 Å². The molecule has 0 saturated heterocycles. The van der Waals surface area contributed by atoms with Crippen molar-refractivity contribution in [2.45, 2.75) is 26.3 Å². The number of aromatic nitrogens is 2. The molecule has 0 radical (unpaired) electrons. The number of nitrogens with one attached hydrogen (secondary N) is 1. The number of nitrogen functional groups attached to an aromatic ring is 1. The van der Waals surface area contributed by atoms with Gasteiger partial charge in [0.25, 0.3) is 0 Å². The summed E-state index contributed by atoms with van der Waals surface area (Å²) < 4.78 is 2.97. The summed E-state index contributed by atoms with van der Waals surface area (Å²) in [6, 6.07) is 16.7. The maximum absolute atomic E-state index is 6.23. The van der Waals surface area contributed by atoms with Crippen molar-refractivity contribution in [3.63, 3.8) is 0 Å². The molecule has 0 amide bonds. The summed E-state index contributed by atoms with van der Waals surface area (Å²) in [4.78, 5) is 0. The van der Waals surface area contributed by atoms with Crippen LogP contribution in [-0.2, 0) is 19.4 Å². The number of halogens is 1. The lowest BCUT2D eigenvalue weighted by Gasteiger charge is -2.14. The fourth-order valence-electron chi connectivity index (χ4n) is 3.38. The normalized spacial score (nSPS) is 13.4. The van der Waals surface area contributed by atoms with Crippen LogP contribution in [0.2, 0.25) is 0 Å². The lowest BCUT2D eigenvalue weighted by molar-refractivity contribution is 0.751. The smallest absolute Gasteiger partial charge is 0.128 e. The molecule has 0 fully saturated rings. The number of rotatable bonds is 5. The summed E-state index contributed by atoms with van der Waals surface area (Å²) in [5, 5.41) is 8.13. The number of hydrogen-bond donors (Lipinski definition) is 2. The van der Waals surface area contributed by atoms with Crippen molar-refractivity contribution in [1.29, 1.82) is 0 Å². The monoisotopic (exact) mass is 434 g/mol. The van der Waals surface area contributed by atoms with Crippen LogP contribution in [0.3, 0.4) is 0 Å². The van der Waals surface area contributed by atoms with E-state index in [9.17, 15) is 0 Å². The van der Waals surface area contributed by atoms with Gasteiger partial charge in [-0.2, -0.15) is 5.10 Å². The predicted octanol–water partition coefficient (Wildman–Crippen LogP) is 5.02. The molecule has 1 aliphatic rings. The molecule has 3 aromatic rings. The average molecular weight is 435 g/mol. The van der Waals surface area contributed by atoms with Gasteiger partial charge in [-0.25, -0.2) is 4.68 Å². The molecule has 142 valence electrons. The molecule has 4 nitrogen and oxygen atoms in total. The molecule has 1 aromatic heterocycles. The van der Waals surface area contributed by atoms with Crippen molar-refractivity contribution in [2.75, 3.05) is 5.73 Å². The molecule has 0 bridgehead atoms. The van der Waals surface area contributed by atoms with Gasteiger partial charge in [0.1, 0.15) is 5.82 Å². The largest absolute Gasteiger partial charge is 0.398 e. The summed E-state index contributed by atoms with van der Waals surface area (Å²) >= 11 is 3.62. The summed E-state index contributed by atoms with van der Waals surface area (Å²) in [7, 11) is 0. The van der Waals surface area contributed by atoms with E-state index in [1.165, 1.54) is 11.1 Å². The van der Waals surface area contributed by atoms with Gasteiger partial charge in [0.15, 0.2) is 0 Å². The van der Waals surface area contributed by atoms with E-state index in [2.05, 4.69) is 75.8 Å². The van der Waals surface area contributed by atoms with Crippen LogP contribution in [-0.4, -0.2) is 9.78 Å². The predicted molar refractivity (Wildman–Crippen MR) is 119 cm³/mol. The lowest BCUT2D eigenvalue weighted by atomic mass is 10.0. The number of benzene rings is 2. The van der Waals surface area contributed by atoms with Gasteiger partial charge in [-0.15, -0.1) is 0 Å². The Hall–Kier alpha value is -2.79. The van der Waals surface area contributed by atoms with Crippen LogP contribution in [0, 0.1) is 0 Å². The van der Waals surface area contributed by atoms with Crippen LogP contribution in [0.25, 0.3) is 11.4 Å². The Kier molecular flexibility index (Phi) is 5.35. The minimum Gasteiger partial charge on any atom is -0.398 e. The first-order chi connectivity index (χ1) is 13.7. The molecule has 3 N–H and O–H groups in total. The number of nitrogens with two attached hydrogens (primary N) is 1. The van der Waals surface area contributed by atoms with E-state index < -0.39 is 0 Å². The first kappa shape index (κ1) is 18.6. The first-order valence-corrected chi connectivity index (χ1v) is 10.3. The second-order valence-electron chi connectivity index (χ2n) is 6.86. The van der Waals surface area contributed by atoms with E-state index in [1.54, 1.807) is 0 Å². The van der Waals surface area contributed by atoms with Gasteiger partial charge in [-0.05, 0) is 51.2 Å². The summed E-state index contributed by atoms with van der Waals surface area (Å²) in [6.45, 7) is 2.90. The van der Waals surface area contributed by atoms with Crippen molar-refractivity contribution in [1.82, 2.24) is 15.1 Å². The minimum absolute atomic E-state index is 0.726. The van der Waals surface area contributed by atoms with Crippen LogP contribution in [0.15, 0.2) is 71.4 Å². The zero-order valence-corrected chi connectivity index (χ0v) is 17.4. The van der Waals surface area contributed by atoms with Crippen molar-refractivity contribution >= 4 is 33.0 Å². The van der Waals surface area contributed by atoms with E-state index in [4.69, 9.17) is 5.73 Å². The van der Waals surface area contributed by atoms with Crippen LogP contribution < -0.4 is 11.1 Å². The summed E-state index contributed by atoms with van der Waals surface area (Å²) in [5.74, 6) is 0.937. The number of hydrogen-bond acceptors (Lipinski definition) is 3. The van der Waals surface area contributed by atoms with Crippen molar-refractivity contribution < 1.29 is 0 Å². The Morgan fingerprint density at radius 3 is 2.61 bits per heavy atom. The maximum Gasteiger partial charge on any atom is 0.128 e. The highest BCUT2D eigenvalue weighted by molar-refractivity contribution is 9.10. The highest BCUT2D eigenvalue weighted by Gasteiger charge is 2.17. The first-order valence-electron chi connectivity index (χ1n) is 9.47. The molecular formula is C23H23BrN4. The van der Waals surface area contributed by atoms with Gasteiger partial charge < -0.3 is 11.1 Å². The SMILES string of the molecule is CCc1ccc(CNC2=CC(c3ccccc3N)=CCc3c(Br)cnn32)cc1. The highest BCUT2D eigenvalue weighted by atomic mass is 79.9. The molecule has 0 saturated carbocycles. The van der Waals surface area contributed by atoms with Crippen molar-refractivity contribution in [2.24, 2.45) is 0 Å². The number of anilines is 1. The van der Waals surface area contributed by atoms with Crippen LogP contribution in [0.5, 0.6) is 0 Å². The Balaban J connectivity index is 1.66. The molecule has 2 heterocycles. The average Bonchev–Trinajstić information content (AvgIpc) is 2.98. The zero-order chi connectivity index (χ0) is 19.5. The fraction of sp³-hybridized carbons (Fsp3) is 0.174. The highest BCUT2D eigenvalue weighted by Crippen LogP contribution is 2.29. The number of fused-ring (bicyclic) bond motifs is 1. The summed E-state index contributed by atoms with van der Waals surface area (Å²) in [5.41, 5.74) is 12.8. The van der Waals surface area contributed by atoms with E-state index in [0.717, 1.165) is 52.2 Å². The fourth-order valence-corrected chi connectivity index (χ4v) is 3.80. The Morgan fingerprint density at radius 2 is 1.86 bits per heavy atom. The third kappa shape index (κ3) is 3.76.